The zero-order chi connectivity index (χ0) is 13.2. The quantitative estimate of drug-likeness (QED) is 0.897. The summed E-state index contributed by atoms with van der Waals surface area (Å²) in [6, 6.07) is 1.46. The molecule has 0 heterocycles. The van der Waals surface area contributed by atoms with Crippen LogP contribution in [0.1, 0.15) is 12.5 Å². The zero-order valence-electron chi connectivity index (χ0n) is 9.33. The van der Waals surface area contributed by atoms with Crippen LogP contribution in [0.25, 0.3) is 0 Å². The normalized spacial score (nSPS) is 12.2. The number of aromatic hydroxyl groups is 1. The van der Waals surface area contributed by atoms with Crippen molar-refractivity contribution in [2.45, 2.75) is 13.3 Å². The van der Waals surface area contributed by atoms with E-state index in [-0.39, 0.29) is 16.6 Å². The second-order valence-corrected chi connectivity index (χ2v) is 4.51. The Labute approximate surface area is 106 Å². The van der Waals surface area contributed by atoms with Gasteiger partial charge in [-0.2, -0.15) is 4.39 Å². The van der Waals surface area contributed by atoms with Gasteiger partial charge in [0, 0.05) is 0 Å². The van der Waals surface area contributed by atoms with Gasteiger partial charge < -0.3 is 14.9 Å². The van der Waals surface area contributed by atoms with Gasteiger partial charge in [0.1, 0.15) is 0 Å². The number of carboxylic acid groups (broad SMARTS) is 1. The number of phenols is 1. The fraction of sp³-hybridized carbons (Fsp3) is 0.364. The molecule has 0 aliphatic rings. The fourth-order valence-corrected chi connectivity index (χ4v) is 1.88. The molecule has 94 valence electrons. The van der Waals surface area contributed by atoms with Crippen molar-refractivity contribution in [2.24, 2.45) is 5.92 Å². The summed E-state index contributed by atoms with van der Waals surface area (Å²) < 4.78 is 18.6. The molecular weight excluding hydrogens is 295 g/mol. The first kappa shape index (κ1) is 13.8. The third-order valence-electron chi connectivity index (χ3n) is 2.38. The Morgan fingerprint density at radius 2 is 2.24 bits per heavy atom. The highest BCUT2D eigenvalue weighted by molar-refractivity contribution is 9.10. The first-order chi connectivity index (χ1) is 7.88. The lowest BCUT2D eigenvalue weighted by Gasteiger charge is -2.13. The fourth-order valence-electron chi connectivity index (χ4n) is 1.43. The third kappa shape index (κ3) is 2.88. The summed E-state index contributed by atoms with van der Waals surface area (Å²) in [5, 5.41) is 18.2. The van der Waals surface area contributed by atoms with Gasteiger partial charge in [-0.1, -0.05) is 6.92 Å². The van der Waals surface area contributed by atoms with Crippen LogP contribution in [0.5, 0.6) is 11.5 Å². The summed E-state index contributed by atoms with van der Waals surface area (Å²) in [6.07, 6.45) is 0.119. The van der Waals surface area contributed by atoms with Gasteiger partial charge in [0.25, 0.3) is 0 Å². The van der Waals surface area contributed by atoms with Crippen molar-refractivity contribution in [3.8, 4) is 11.5 Å². The molecule has 1 atom stereocenters. The largest absolute Gasteiger partial charge is 0.504 e. The van der Waals surface area contributed by atoms with E-state index in [0.29, 0.717) is 5.56 Å². The molecule has 0 bridgehead atoms. The van der Waals surface area contributed by atoms with Crippen LogP contribution in [0, 0.1) is 11.7 Å². The molecule has 0 aromatic heterocycles. The molecule has 0 saturated carbocycles. The van der Waals surface area contributed by atoms with E-state index < -0.39 is 23.5 Å². The molecule has 2 N–H and O–H groups in total. The molecule has 0 spiro atoms. The van der Waals surface area contributed by atoms with Gasteiger partial charge in [-0.05, 0) is 34.0 Å². The molecule has 1 rings (SSSR count). The summed E-state index contributed by atoms with van der Waals surface area (Å²) in [4.78, 5) is 10.7. The van der Waals surface area contributed by atoms with Gasteiger partial charge in [-0.15, -0.1) is 0 Å². The molecule has 0 aliphatic carbocycles. The summed E-state index contributed by atoms with van der Waals surface area (Å²) in [6.45, 7) is 1.51. The maximum absolute atomic E-state index is 13.6. The first-order valence-corrected chi connectivity index (χ1v) is 5.64. The van der Waals surface area contributed by atoms with Gasteiger partial charge in [0.05, 0.1) is 17.5 Å². The van der Waals surface area contributed by atoms with Gasteiger partial charge in [0.2, 0.25) is 5.82 Å². The van der Waals surface area contributed by atoms with Crippen LogP contribution < -0.4 is 4.74 Å². The zero-order valence-corrected chi connectivity index (χ0v) is 10.9. The molecule has 1 unspecified atom stereocenters. The van der Waals surface area contributed by atoms with Gasteiger partial charge in [0.15, 0.2) is 11.5 Å². The maximum Gasteiger partial charge on any atom is 0.306 e. The Morgan fingerprint density at radius 3 is 2.71 bits per heavy atom. The predicted molar refractivity (Wildman–Crippen MR) is 62.8 cm³/mol. The monoisotopic (exact) mass is 306 g/mol. The van der Waals surface area contributed by atoms with Crippen molar-refractivity contribution in [3.05, 3.63) is 21.9 Å². The summed E-state index contributed by atoms with van der Waals surface area (Å²) in [5.74, 6) is -3.21. The number of carboxylic acids is 1. The van der Waals surface area contributed by atoms with Crippen molar-refractivity contribution < 1.29 is 24.1 Å². The highest BCUT2D eigenvalue weighted by Gasteiger charge is 2.21. The van der Waals surface area contributed by atoms with Gasteiger partial charge in [-0.3, -0.25) is 4.79 Å². The Morgan fingerprint density at radius 1 is 1.65 bits per heavy atom. The molecule has 1 aromatic rings. The minimum absolute atomic E-state index is 0.119. The average molecular weight is 307 g/mol. The Bertz CT molecular complexity index is 448. The third-order valence-corrected chi connectivity index (χ3v) is 2.98. The average Bonchev–Trinajstić information content (AvgIpc) is 2.26. The smallest absolute Gasteiger partial charge is 0.306 e. The molecule has 6 heteroatoms. The molecule has 17 heavy (non-hydrogen) atoms. The number of methoxy groups -OCH3 is 1. The van der Waals surface area contributed by atoms with Crippen LogP contribution >= 0.6 is 15.9 Å². The second kappa shape index (κ2) is 5.35. The van der Waals surface area contributed by atoms with Gasteiger partial charge >= 0.3 is 5.97 Å². The number of carbonyl (C=O) groups is 1. The summed E-state index contributed by atoms with van der Waals surface area (Å²) in [5.41, 5.74) is 0.393. The standard InChI is InChI=1S/C11H12BrFO4/c1-5(11(15)16)3-6-4-7(12)9(14)8(13)10(6)17-2/h4-5,14H,3H2,1-2H3,(H,15,16). The highest BCUT2D eigenvalue weighted by atomic mass is 79.9. The lowest BCUT2D eigenvalue weighted by molar-refractivity contribution is -0.141. The van der Waals surface area contributed by atoms with Crippen molar-refractivity contribution in [1.82, 2.24) is 0 Å². The number of halogens is 2. The highest BCUT2D eigenvalue weighted by Crippen LogP contribution is 2.37. The topological polar surface area (TPSA) is 66.8 Å². The predicted octanol–water partition coefficient (Wildman–Crippen LogP) is 2.57. The second-order valence-electron chi connectivity index (χ2n) is 3.66. The lowest BCUT2D eigenvalue weighted by atomic mass is 10.00. The van der Waals surface area contributed by atoms with Crippen LogP contribution in [0.15, 0.2) is 10.5 Å². The van der Waals surface area contributed by atoms with E-state index in [1.165, 1.54) is 20.1 Å². The lowest BCUT2D eigenvalue weighted by Crippen LogP contribution is -2.13. The molecule has 4 nitrogen and oxygen atoms in total. The van der Waals surface area contributed by atoms with Crippen LogP contribution in [-0.4, -0.2) is 23.3 Å². The van der Waals surface area contributed by atoms with Crippen LogP contribution in [0.2, 0.25) is 0 Å². The molecule has 0 fully saturated rings. The van der Waals surface area contributed by atoms with Crippen LogP contribution in [0.3, 0.4) is 0 Å². The molecule has 1 aromatic carbocycles. The number of aliphatic carboxylic acids is 1. The Kier molecular flexibility index (Phi) is 4.34. The number of hydrogen-bond donors (Lipinski definition) is 2. The van der Waals surface area contributed by atoms with Gasteiger partial charge in [-0.25, -0.2) is 0 Å². The van der Waals surface area contributed by atoms with Crippen molar-refractivity contribution in [2.75, 3.05) is 7.11 Å². The van der Waals surface area contributed by atoms with E-state index in [2.05, 4.69) is 15.9 Å². The number of hydrogen-bond acceptors (Lipinski definition) is 3. The van der Waals surface area contributed by atoms with Crippen molar-refractivity contribution in [3.63, 3.8) is 0 Å². The van der Waals surface area contributed by atoms with E-state index in [1.807, 2.05) is 0 Å². The minimum Gasteiger partial charge on any atom is -0.504 e. The van der Waals surface area contributed by atoms with Crippen molar-refractivity contribution in [1.29, 1.82) is 0 Å². The van der Waals surface area contributed by atoms with E-state index in [4.69, 9.17) is 9.84 Å². The van der Waals surface area contributed by atoms with Crippen LogP contribution in [-0.2, 0) is 11.2 Å². The number of benzene rings is 1. The van der Waals surface area contributed by atoms with E-state index in [0.717, 1.165) is 0 Å². The van der Waals surface area contributed by atoms with E-state index in [9.17, 15) is 14.3 Å². The Hall–Kier alpha value is -1.30. The molecule has 0 amide bonds. The molecule has 0 radical (unpaired) electrons. The molecular formula is C11H12BrFO4. The molecule has 0 aliphatic heterocycles. The summed E-state index contributed by atoms with van der Waals surface area (Å²) in [7, 11) is 1.26. The minimum atomic E-state index is -0.975. The van der Waals surface area contributed by atoms with E-state index in [1.54, 1.807) is 0 Å². The van der Waals surface area contributed by atoms with Crippen molar-refractivity contribution >= 4 is 21.9 Å². The number of phenolic OH excluding ortho intramolecular Hbond substituents is 1. The first-order valence-electron chi connectivity index (χ1n) is 4.85. The molecule has 0 saturated heterocycles. The maximum atomic E-state index is 13.6. The Balaban J connectivity index is 3.19. The number of ether oxygens (including phenoxy) is 1. The van der Waals surface area contributed by atoms with E-state index >= 15 is 0 Å². The number of rotatable bonds is 4. The summed E-state index contributed by atoms with van der Waals surface area (Å²) >= 11 is 2.99. The van der Waals surface area contributed by atoms with Crippen LogP contribution in [0.4, 0.5) is 4.39 Å². The SMILES string of the molecule is COc1c(CC(C)C(=O)O)cc(Br)c(O)c1F.